The molecule has 1 nitrogen and oxygen atoms in total. The smallest absolute Gasteiger partial charge is 0.0136 e. The Morgan fingerprint density at radius 1 is 1.11 bits per heavy atom. The zero-order chi connectivity index (χ0) is 13.5. The molecule has 0 radical (unpaired) electrons. The monoisotopic (exact) mass is 259 g/mol. The average molecular weight is 259 g/mol. The molecule has 2 rings (SSSR count). The fraction of sp³-hybridized carbons (Fsp3) is 0.667. The first kappa shape index (κ1) is 14.6. The van der Waals surface area contributed by atoms with Crippen LogP contribution in [0.5, 0.6) is 0 Å². The molecule has 0 aromatic heterocycles. The van der Waals surface area contributed by atoms with Crippen LogP contribution >= 0.6 is 0 Å². The molecule has 0 amide bonds. The summed E-state index contributed by atoms with van der Waals surface area (Å²) in [5.74, 6) is 1.82. The van der Waals surface area contributed by atoms with Crippen LogP contribution in [0.4, 0.5) is 0 Å². The van der Waals surface area contributed by atoms with Crippen molar-refractivity contribution in [2.75, 3.05) is 6.54 Å². The maximum Gasteiger partial charge on any atom is 0.0136 e. The molecular weight excluding hydrogens is 230 g/mol. The predicted molar refractivity (Wildman–Crippen MR) is 83.3 cm³/mol. The van der Waals surface area contributed by atoms with E-state index in [2.05, 4.69) is 49.5 Å². The Morgan fingerprint density at radius 3 is 2.42 bits per heavy atom. The Morgan fingerprint density at radius 2 is 1.79 bits per heavy atom. The van der Waals surface area contributed by atoms with Gasteiger partial charge in [-0.1, -0.05) is 57.0 Å². The van der Waals surface area contributed by atoms with E-state index in [9.17, 15) is 0 Å². The second-order valence-corrected chi connectivity index (χ2v) is 6.27. The van der Waals surface area contributed by atoms with Crippen molar-refractivity contribution in [3.8, 4) is 0 Å². The molecule has 1 N–H and O–H groups in total. The minimum atomic E-state index is 0.676. The van der Waals surface area contributed by atoms with Crippen molar-refractivity contribution < 1.29 is 0 Å². The van der Waals surface area contributed by atoms with E-state index in [0.29, 0.717) is 6.04 Å². The van der Waals surface area contributed by atoms with Crippen LogP contribution in [-0.4, -0.2) is 12.6 Å². The van der Waals surface area contributed by atoms with Gasteiger partial charge in [-0.05, 0) is 49.6 Å². The first-order valence-corrected chi connectivity index (χ1v) is 8.07. The minimum Gasteiger partial charge on any atom is -0.313 e. The molecule has 1 aromatic rings. The van der Waals surface area contributed by atoms with Gasteiger partial charge in [0, 0.05) is 6.04 Å². The Balaban J connectivity index is 1.95. The Kier molecular flexibility index (Phi) is 5.91. The first-order valence-electron chi connectivity index (χ1n) is 8.07. The molecule has 1 aliphatic carbocycles. The van der Waals surface area contributed by atoms with Gasteiger partial charge in [-0.15, -0.1) is 0 Å². The van der Waals surface area contributed by atoms with Gasteiger partial charge in [0.2, 0.25) is 0 Å². The first-order chi connectivity index (χ1) is 9.29. The lowest BCUT2D eigenvalue weighted by Gasteiger charge is -2.33. The molecule has 0 spiro atoms. The highest BCUT2D eigenvalue weighted by Gasteiger charge is 2.25. The summed E-state index contributed by atoms with van der Waals surface area (Å²) in [6.45, 7) is 5.82. The molecule has 19 heavy (non-hydrogen) atoms. The summed E-state index contributed by atoms with van der Waals surface area (Å²) in [6.07, 6.45) is 8.09. The highest BCUT2D eigenvalue weighted by Crippen LogP contribution is 2.31. The van der Waals surface area contributed by atoms with Crippen LogP contribution in [-0.2, 0) is 6.42 Å². The number of hydrogen-bond donors (Lipinski definition) is 1. The van der Waals surface area contributed by atoms with Gasteiger partial charge in [-0.25, -0.2) is 0 Å². The molecule has 0 heterocycles. The van der Waals surface area contributed by atoms with E-state index in [1.165, 1.54) is 44.1 Å². The second-order valence-electron chi connectivity index (χ2n) is 6.27. The van der Waals surface area contributed by atoms with Crippen molar-refractivity contribution in [1.82, 2.24) is 5.32 Å². The Hall–Kier alpha value is -0.820. The van der Waals surface area contributed by atoms with E-state index >= 15 is 0 Å². The lowest BCUT2D eigenvalue weighted by atomic mass is 9.77. The lowest BCUT2D eigenvalue weighted by Crippen LogP contribution is -2.40. The molecule has 0 aliphatic heterocycles. The Bertz CT molecular complexity index is 338. The van der Waals surface area contributed by atoms with Crippen LogP contribution in [0, 0.1) is 11.8 Å². The van der Waals surface area contributed by atoms with E-state index < -0.39 is 0 Å². The van der Waals surface area contributed by atoms with Crippen molar-refractivity contribution in [3.63, 3.8) is 0 Å². The van der Waals surface area contributed by atoms with E-state index in [1.807, 2.05) is 0 Å². The highest BCUT2D eigenvalue weighted by atomic mass is 14.9. The molecule has 1 unspecified atom stereocenters. The van der Waals surface area contributed by atoms with Crippen LogP contribution in [0.25, 0.3) is 0 Å². The van der Waals surface area contributed by atoms with Crippen molar-refractivity contribution in [1.29, 1.82) is 0 Å². The van der Waals surface area contributed by atoms with Crippen molar-refractivity contribution in [3.05, 3.63) is 35.9 Å². The van der Waals surface area contributed by atoms with Gasteiger partial charge in [0.1, 0.15) is 0 Å². The minimum absolute atomic E-state index is 0.676. The normalized spacial score (nSPS) is 25.2. The van der Waals surface area contributed by atoms with Gasteiger partial charge in [-0.2, -0.15) is 0 Å². The number of hydrogen-bond acceptors (Lipinski definition) is 1. The van der Waals surface area contributed by atoms with Gasteiger partial charge in [0.05, 0.1) is 0 Å². The molecule has 1 atom stereocenters. The zero-order valence-electron chi connectivity index (χ0n) is 12.6. The quantitative estimate of drug-likeness (QED) is 0.797. The molecule has 1 saturated carbocycles. The largest absolute Gasteiger partial charge is 0.313 e. The van der Waals surface area contributed by atoms with E-state index in [0.717, 1.165) is 18.4 Å². The third-order valence-corrected chi connectivity index (χ3v) is 4.58. The van der Waals surface area contributed by atoms with Crippen LogP contribution in [0.1, 0.15) is 51.5 Å². The fourth-order valence-electron chi connectivity index (χ4n) is 3.29. The van der Waals surface area contributed by atoms with E-state index in [1.54, 1.807) is 0 Å². The predicted octanol–water partition coefficient (Wildman–Crippen LogP) is 4.42. The average Bonchev–Trinajstić information content (AvgIpc) is 2.45. The third kappa shape index (κ3) is 4.65. The van der Waals surface area contributed by atoms with Crippen LogP contribution in [0.2, 0.25) is 0 Å². The number of benzene rings is 1. The maximum absolute atomic E-state index is 3.80. The van der Waals surface area contributed by atoms with Gasteiger partial charge in [0.15, 0.2) is 0 Å². The summed E-state index contributed by atoms with van der Waals surface area (Å²) in [6, 6.07) is 11.7. The third-order valence-electron chi connectivity index (χ3n) is 4.58. The standard InChI is InChI=1S/C18H29N/c1-3-13-19-18(14-16-7-5-4-6-8-16)17-11-9-15(2)10-12-17/h4-8,15,17-19H,3,9-14H2,1-2H3. The number of nitrogens with one attached hydrogen (secondary N) is 1. The molecule has 0 saturated heterocycles. The summed E-state index contributed by atoms with van der Waals surface area (Å²) >= 11 is 0. The highest BCUT2D eigenvalue weighted by molar-refractivity contribution is 5.16. The van der Waals surface area contributed by atoms with Gasteiger partial charge >= 0.3 is 0 Å². The van der Waals surface area contributed by atoms with Gasteiger partial charge in [0.25, 0.3) is 0 Å². The van der Waals surface area contributed by atoms with Crippen molar-refractivity contribution in [2.24, 2.45) is 11.8 Å². The SMILES string of the molecule is CCCNC(Cc1ccccc1)C1CCC(C)CC1. The molecule has 106 valence electrons. The second kappa shape index (κ2) is 7.69. The summed E-state index contributed by atoms with van der Waals surface area (Å²) in [7, 11) is 0. The van der Waals surface area contributed by atoms with Crippen LogP contribution in [0.15, 0.2) is 30.3 Å². The number of rotatable bonds is 6. The topological polar surface area (TPSA) is 12.0 Å². The summed E-state index contributed by atoms with van der Waals surface area (Å²) in [4.78, 5) is 0. The molecule has 0 bridgehead atoms. The van der Waals surface area contributed by atoms with Crippen molar-refractivity contribution in [2.45, 2.75) is 58.4 Å². The molecular formula is C18H29N. The Labute approximate surface area is 118 Å². The van der Waals surface area contributed by atoms with Crippen LogP contribution < -0.4 is 5.32 Å². The molecule has 1 fully saturated rings. The van der Waals surface area contributed by atoms with Crippen LogP contribution in [0.3, 0.4) is 0 Å². The summed E-state index contributed by atoms with van der Waals surface area (Å²) < 4.78 is 0. The van der Waals surface area contributed by atoms with Crippen molar-refractivity contribution >= 4 is 0 Å². The lowest BCUT2D eigenvalue weighted by molar-refractivity contribution is 0.229. The van der Waals surface area contributed by atoms with Gasteiger partial charge in [-0.3, -0.25) is 0 Å². The van der Waals surface area contributed by atoms with E-state index in [4.69, 9.17) is 0 Å². The van der Waals surface area contributed by atoms with E-state index in [-0.39, 0.29) is 0 Å². The summed E-state index contributed by atoms with van der Waals surface area (Å²) in [5, 5.41) is 3.80. The molecule has 1 aliphatic rings. The zero-order valence-corrected chi connectivity index (χ0v) is 12.6. The maximum atomic E-state index is 3.80. The van der Waals surface area contributed by atoms with Gasteiger partial charge < -0.3 is 5.32 Å². The molecule has 1 heteroatoms. The summed E-state index contributed by atoms with van der Waals surface area (Å²) in [5.41, 5.74) is 1.48. The fourth-order valence-corrected chi connectivity index (χ4v) is 3.29. The molecule has 1 aromatic carbocycles.